The first-order chi connectivity index (χ1) is 36.2. The molecule has 13 aromatic rings. The van der Waals surface area contributed by atoms with Crippen LogP contribution in [0.4, 0.5) is 0 Å². The summed E-state index contributed by atoms with van der Waals surface area (Å²) in [6.07, 6.45) is 0. The van der Waals surface area contributed by atoms with Crippen molar-refractivity contribution in [3.05, 3.63) is 289 Å². The van der Waals surface area contributed by atoms with Crippen LogP contribution in [0, 0.1) is 0 Å². The van der Waals surface area contributed by atoms with Gasteiger partial charge in [-0.3, -0.25) is 0 Å². The number of nitrogens with zero attached hydrogens (tertiary/aromatic N) is 2. The molecule has 0 atom stereocenters. The first kappa shape index (κ1) is 41.3. The smallest absolute Gasteiger partial charge is 0.160 e. The third-order valence-corrected chi connectivity index (χ3v) is 15.7. The molecule has 0 amide bonds. The molecule has 0 fully saturated rings. The summed E-state index contributed by atoms with van der Waals surface area (Å²) in [6, 6.07) is 97.8. The second-order valence-electron chi connectivity index (χ2n) is 19.5. The molecule has 0 radical (unpaired) electrons. The quantitative estimate of drug-likeness (QED) is 0.155. The van der Waals surface area contributed by atoms with Crippen LogP contribution in [0.25, 0.3) is 122 Å². The van der Waals surface area contributed by atoms with E-state index in [1.807, 2.05) is 18.2 Å². The lowest BCUT2D eigenvalue weighted by molar-refractivity contribution is 0.794. The number of hydrogen-bond acceptors (Lipinski definition) is 2. The monoisotopic (exact) mass is 924 g/mol. The Morgan fingerprint density at radius 1 is 0.219 bits per heavy atom. The number of aromatic nitrogens is 2. The number of benzene rings is 12. The molecule has 2 aliphatic carbocycles. The second-order valence-corrected chi connectivity index (χ2v) is 19.5. The molecule has 338 valence electrons. The molecule has 0 saturated heterocycles. The zero-order valence-corrected chi connectivity index (χ0v) is 39.8. The maximum Gasteiger partial charge on any atom is 0.160 e. The molecular formula is C71H44N2. The molecule has 2 heteroatoms. The van der Waals surface area contributed by atoms with Gasteiger partial charge < -0.3 is 0 Å². The molecule has 2 aliphatic rings. The zero-order chi connectivity index (χ0) is 48.0. The van der Waals surface area contributed by atoms with Crippen molar-refractivity contribution in [2.75, 3.05) is 0 Å². The van der Waals surface area contributed by atoms with Crippen molar-refractivity contribution in [2.45, 2.75) is 5.41 Å². The van der Waals surface area contributed by atoms with Crippen molar-refractivity contribution in [1.29, 1.82) is 0 Å². The summed E-state index contributed by atoms with van der Waals surface area (Å²) >= 11 is 0. The van der Waals surface area contributed by atoms with Crippen molar-refractivity contribution in [2.24, 2.45) is 0 Å². The van der Waals surface area contributed by atoms with E-state index in [-0.39, 0.29) is 0 Å². The highest BCUT2D eigenvalue weighted by atomic mass is 14.9. The summed E-state index contributed by atoms with van der Waals surface area (Å²) in [5.74, 6) is 0.700. The Kier molecular flexibility index (Phi) is 9.21. The minimum atomic E-state index is -0.414. The third-order valence-electron chi connectivity index (χ3n) is 15.7. The summed E-state index contributed by atoms with van der Waals surface area (Å²) in [7, 11) is 0. The molecule has 0 unspecified atom stereocenters. The van der Waals surface area contributed by atoms with Crippen molar-refractivity contribution in [1.82, 2.24) is 9.97 Å². The highest BCUT2D eigenvalue weighted by Gasteiger charge is 2.51. The molecule has 73 heavy (non-hydrogen) atoms. The summed E-state index contributed by atoms with van der Waals surface area (Å²) in [4.78, 5) is 10.4. The third kappa shape index (κ3) is 6.30. The van der Waals surface area contributed by atoms with E-state index in [0.717, 1.165) is 39.2 Å². The lowest BCUT2D eigenvalue weighted by atomic mass is 9.70. The van der Waals surface area contributed by atoms with Gasteiger partial charge in [-0.25, -0.2) is 9.97 Å². The van der Waals surface area contributed by atoms with Crippen molar-refractivity contribution < 1.29 is 0 Å². The first-order valence-electron chi connectivity index (χ1n) is 25.2. The van der Waals surface area contributed by atoms with Crippen molar-refractivity contribution >= 4 is 32.3 Å². The van der Waals surface area contributed by atoms with Gasteiger partial charge in [0.05, 0.1) is 16.8 Å². The lowest BCUT2D eigenvalue weighted by Crippen LogP contribution is -2.25. The van der Waals surface area contributed by atoms with E-state index in [2.05, 4.69) is 249 Å². The Morgan fingerprint density at radius 3 is 1.34 bits per heavy atom. The van der Waals surface area contributed by atoms with E-state index in [1.54, 1.807) is 0 Å². The highest BCUT2D eigenvalue weighted by Crippen LogP contribution is 2.63. The van der Waals surface area contributed by atoms with Crippen LogP contribution < -0.4 is 0 Å². The van der Waals surface area contributed by atoms with Gasteiger partial charge in [-0.1, -0.05) is 243 Å². The van der Waals surface area contributed by atoms with Crippen LogP contribution in [-0.4, -0.2) is 9.97 Å². The van der Waals surface area contributed by atoms with Gasteiger partial charge in [-0.05, 0) is 134 Å². The summed E-state index contributed by atoms with van der Waals surface area (Å²) in [5.41, 5.74) is 22.2. The van der Waals surface area contributed by atoms with E-state index in [9.17, 15) is 0 Å². The Labute approximate surface area is 424 Å². The summed E-state index contributed by atoms with van der Waals surface area (Å²) in [6.45, 7) is 0. The largest absolute Gasteiger partial charge is 0.228 e. The lowest BCUT2D eigenvalue weighted by Gasteiger charge is -2.30. The van der Waals surface area contributed by atoms with Crippen LogP contribution in [0.2, 0.25) is 0 Å². The predicted molar refractivity (Wildman–Crippen MR) is 303 cm³/mol. The van der Waals surface area contributed by atoms with E-state index in [0.29, 0.717) is 5.82 Å². The minimum absolute atomic E-state index is 0.414. The standard InChI is InChI=1S/C71H44N2/c1-3-17-45(18-4-1)46-33-35-47(36-34-46)67-44-68(73-70(72-67)48-19-5-2-6-20-48)52-22-15-21-49(41-52)50-37-40-61-62(42-50)55-24-8-7-23-54(55)60-29-16-28-53(69(60)61)51-38-39-59-58-27-11-14-32-65(58)71(66(59)43-51)63-30-12-9-25-56(63)57-26-10-13-31-64(57)71/h1-44H. The van der Waals surface area contributed by atoms with Gasteiger partial charge in [-0.2, -0.15) is 0 Å². The van der Waals surface area contributed by atoms with Gasteiger partial charge in [0.15, 0.2) is 5.82 Å². The van der Waals surface area contributed by atoms with Crippen LogP contribution in [0.1, 0.15) is 22.3 Å². The Balaban J connectivity index is 0.878. The van der Waals surface area contributed by atoms with Crippen LogP contribution >= 0.6 is 0 Å². The Bertz CT molecular complexity index is 4300. The van der Waals surface area contributed by atoms with E-state index in [4.69, 9.17) is 9.97 Å². The van der Waals surface area contributed by atoms with E-state index >= 15 is 0 Å². The van der Waals surface area contributed by atoms with Crippen LogP contribution in [0.15, 0.2) is 267 Å². The fourth-order valence-corrected chi connectivity index (χ4v) is 12.5. The molecule has 15 rings (SSSR count). The SMILES string of the molecule is c1ccc(-c2ccc(-c3cc(-c4cccc(-c5ccc6c(c5)c5ccccc5c5cccc(-c7ccc8c(c7)C7(c9ccccc9-c9ccccc97)c7ccccc7-8)c56)c4)nc(-c4ccccc4)n3)cc2)cc1. The molecule has 0 bridgehead atoms. The van der Waals surface area contributed by atoms with Gasteiger partial charge in [0.1, 0.15) is 0 Å². The number of fused-ring (bicyclic) bond motifs is 16. The average Bonchev–Trinajstić information content (AvgIpc) is 4.03. The molecule has 2 nitrogen and oxygen atoms in total. The number of rotatable bonds is 6. The highest BCUT2D eigenvalue weighted by molar-refractivity contribution is 6.29. The fourth-order valence-electron chi connectivity index (χ4n) is 12.5. The van der Waals surface area contributed by atoms with E-state index in [1.165, 1.54) is 99.1 Å². The maximum absolute atomic E-state index is 5.23. The zero-order valence-electron chi connectivity index (χ0n) is 39.8. The average molecular weight is 925 g/mol. The first-order valence-corrected chi connectivity index (χ1v) is 25.2. The molecule has 0 N–H and O–H groups in total. The van der Waals surface area contributed by atoms with Gasteiger partial charge in [0.25, 0.3) is 0 Å². The summed E-state index contributed by atoms with van der Waals surface area (Å²) in [5, 5.41) is 7.50. The number of hydrogen-bond donors (Lipinski definition) is 0. The van der Waals surface area contributed by atoms with Crippen LogP contribution in [0.3, 0.4) is 0 Å². The van der Waals surface area contributed by atoms with Gasteiger partial charge in [-0.15, -0.1) is 0 Å². The minimum Gasteiger partial charge on any atom is -0.228 e. The molecule has 0 aliphatic heterocycles. The summed E-state index contributed by atoms with van der Waals surface area (Å²) < 4.78 is 0. The molecular weight excluding hydrogens is 881 g/mol. The molecule has 1 spiro atoms. The normalized spacial score (nSPS) is 12.8. The Hall–Kier alpha value is -9.50. The van der Waals surface area contributed by atoms with Crippen molar-refractivity contribution in [3.63, 3.8) is 0 Å². The second kappa shape index (κ2) is 16.3. The van der Waals surface area contributed by atoms with Crippen LogP contribution in [0.5, 0.6) is 0 Å². The van der Waals surface area contributed by atoms with Gasteiger partial charge in [0.2, 0.25) is 0 Å². The predicted octanol–water partition coefficient (Wildman–Crippen LogP) is 18.3. The van der Waals surface area contributed by atoms with Crippen LogP contribution in [-0.2, 0) is 5.41 Å². The molecule has 1 aromatic heterocycles. The maximum atomic E-state index is 5.23. The van der Waals surface area contributed by atoms with Crippen molar-refractivity contribution in [3.8, 4) is 89.5 Å². The molecule has 0 saturated carbocycles. The van der Waals surface area contributed by atoms with Gasteiger partial charge >= 0.3 is 0 Å². The van der Waals surface area contributed by atoms with E-state index < -0.39 is 5.41 Å². The fraction of sp³-hybridized carbons (Fsp3) is 0.0141. The topological polar surface area (TPSA) is 25.8 Å². The Morgan fingerprint density at radius 2 is 0.658 bits per heavy atom. The van der Waals surface area contributed by atoms with Gasteiger partial charge in [0, 0.05) is 16.7 Å². The molecule has 1 heterocycles. The molecule has 12 aromatic carbocycles.